The molecule has 2 rings (SSSR count). The molecule has 1 N–H and O–H groups in total. The Labute approximate surface area is 126 Å². The minimum Gasteiger partial charge on any atom is -0.481 e. The Morgan fingerprint density at radius 3 is 2.57 bits per heavy atom. The van der Waals surface area contributed by atoms with Gasteiger partial charge in [-0.05, 0) is 43.2 Å². The van der Waals surface area contributed by atoms with Crippen molar-refractivity contribution in [1.82, 2.24) is 5.32 Å². The lowest BCUT2D eigenvalue weighted by atomic mass is 10.1. The van der Waals surface area contributed by atoms with E-state index in [9.17, 15) is 4.79 Å². The predicted octanol–water partition coefficient (Wildman–Crippen LogP) is 3.91. The summed E-state index contributed by atoms with van der Waals surface area (Å²) in [5.74, 6) is 0.656. The van der Waals surface area contributed by atoms with Crippen LogP contribution in [0.4, 0.5) is 0 Å². The summed E-state index contributed by atoms with van der Waals surface area (Å²) in [5.41, 5.74) is 0. The number of amides is 1. The van der Waals surface area contributed by atoms with Gasteiger partial charge in [0.05, 0.1) is 0 Å². The van der Waals surface area contributed by atoms with Crippen LogP contribution < -0.4 is 10.1 Å². The second-order valence-corrected chi connectivity index (χ2v) is 5.47. The minimum atomic E-state index is -0.495. The molecule has 112 valence electrons. The van der Waals surface area contributed by atoms with Gasteiger partial charge >= 0.3 is 0 Å². The van der Waals surface area contributed by atoms with Crippen molar-refractivity contribution in [1.29, 1.82) is 0 Å². The van der Waals surface area contributed by atoms with Gasteiger partial charge in [-0.25, -0.2) is 0 Å². The fourth-order valence-corrected chi connectivity index (χ4v) is 2.36. The summed E-state index contributed by atoms with van der Waals surface area (Å²) in [6.07, 6.45) is 1.54. The maximum Gasteiger partial charge on any atom is 0.260 e. The molecule has 0 aromatic heterocycles. The highest BCUT2D eigenvalue weighted by molar-refractivity contribution is 5.84. The van der Waals surface area contributed by atoms with Crippen LogP contribution in [-0.4, -0.2) is 18.1 Å². The zero-order chi connectivity index (χ0) is 15.2. The fraction of sp³-hybridized carbons (Fsp3) is 0.389. The molecule has 1 amide bonds. The third kappa shape index (κ3) is 4.22. The molecule has 2 atom stereocenters. The molecular weight excluding hydrogens is 262 g/mol. The van der Waals surface area contributed by atoms with E-state index < -0.39 is 6.10 Å². The summed E-state index contributed by atoms with van der Waals surface area (Å²) in [6.45, 7) is 5.91. The van der Waals surface area contributed by atoms with Crippen LogP contribution in [0.1, 0.15) is 33.6 Å². The largest absolute Gasteiger partial charge is 0.481 e. The number of nitrogens with one attached hydrogen (secondary N) is 1. The Morgan fingerprint density at radius 1 is 1.14 bits per heavy atom. The van der Waals surface area contributed by atoms with Gasteiger partial charge in [0.2, 0.25) is 0 Å². The number of hydrogen-bond donors (Lipinski definition) is 1. The van der Waals surface area contributed by atoms with Crippen LogP contribution in [0.15, 0.2) is 42.5 Å². The number of rotatable bonds is 6. The number of benzene rings is 2. The van der Waals surface area contributed by atoms with Gasteiger partial charge in [-0.1, -0.05) is 43.7 Å². The Balaban J connectivity index is 2.00. The Morgan fingerprint density at radius 2 is 1.86 bits per heavy atom. The first kappa shape index (κ1) is 15.4. The number of carbonyl (C=O) groups is 1. The number of ether oxygens (including phenoxy) is 1. The van der Waals surface area contributed by atoms with Gasteiger partial charge in [0.25, 0.3) is 5.91 Å². The van der Waals surface area contributed by atoms with E-state index in [0.29, 0.717) is 0 Å². The highest BCUT2D eigenvalue weighted by Gasteiger charge is 2.16. The van der Waals surface area contributed by atoms with Crippen LogP contribution >= 0.6 is 0 Å². The molecule has 0 unspecified atom stereocenters. The number of carbonyl (C=O) groups excluding carboxylic acids is 1. The van der Waals surface area contributed by atoms with Crippen molar-refractivity contribution >= 4 is 16.7 Å². The average Bonchev–Trinajstić information content (AvgIpc) is 2.47. The van der Waals surface area contributed by atoms with Gasteiger partial charge in [-0.3, -0.25) is 4.79 Å². The molecule has 3 heteroatoms. The van der Waals surface area contributed by atoms with E-state index in [1.165, 1.54) is 5.39 Å². The lowest BCUT2D eigenvalue weighted by Gasteiger charge is -2.18. The normalized spacial score (nSPS) is 13.7. The first-order valence-electron chi connectivity index (χ1n) is 7.56. The van der Waals surface area contributed by atoms with Crippen molar-refractivity contribution in [2.24, 2.45) is 0 Å². The molecule has 0 heterocycles. The molecular formula is C18H23NO2. The van der Waals surface area contributed by atoms with Gasteiger partial charge in [0.15, 0.2) is 6.10 Å². The second kappa shape index (κ2) is 7.11. The molecule has 0 aliphatic heterocycles. The standard InChI is InChI=1S/C18H23NO2/c1-4-7-13(2)19-18(20)14(3)21-17-11-10-15-8-5-6-9-16(15)12-17/h5-6,8-14H,4,7H2,1-3H3,(H,19,20)/t13-,14+/m0/s1. The van der Waals surface area contributed by atoms with Crippen LogP contribution in [0.2, 0.25) is 0 Å². The van der Waals surface area contributed by atoms with Crippen molar-refractivity contribution in [2.75, 3.05) is 0 Å². The molecule has 2 aromatic carbocycles. The molecule has 3 nitrogen and oxygen atoms in total. The van der Waals surface area contributed by atoms with Gasteiger partial charge in [-0.15, -0.1) is 0 Å². The molecule has 0 aliphatic carbocycles. The van der Waals surface area contributed by atoms with Crippen LogP contribution in [0.3, 0.4) is 0 Å². The molecule has 2 aromatic rings. The fourth-order valence-electron chi connectivity index (χ4n) is 2.36. The van der Waals surface area contributed by atoms with E-state index in [4.69, 9.17) is 4.74 Å². The van der Waals surface area contributed by atoms with Crippen molar-refractivity contribution in [3.8, 4) is 5.75 Å². The topological polar surface area (TPSA) is 38.3 Å². The van der Waals surface area contributed by atoms with Crippen LogP contribution in [0.25, 0.3) is 10.8 Å². The summed E-state index contributed by atoms with van der Waals surface area (Å²) in [4.78, 5) is 12.1. The summed E-state index contributed by atoms with van der Waals surface area (Å²) < 4.78 is 5.75. The summed E-state index contributed by atoms with van der Waals surface area (Å²) in [5, 5.41) is 5.25. The van der Waals surface area contributed by atoms with E-state index in [0.717, 1.165) is 24.0 Å². The van der Waals surface area contributed by atoms with Crippen molar-refractivity contribution < 1.29 is 9.53 Å². The Kier molecular flexibility index (Phi) is 5.20. The van der Waals surface area contributed by atoms with E-state index in [-0.39, 0.29) is 11.9 Å². The van der Waals surface area contributed by atoms with Gasteiger partial charge in [-0.2, -0.15) is 0 Å². The predicted molar refractivity (Wildman–Crippen MR) is 86.6 cm³/mol. The third-order valence-electron chi connectivity index (χ3n) is 3.51. The quantitative estimate of drug-likeness (QED) is 0.873. The average molecular weight is 285 g/mol. The smallest absolute Gasteiger partial charge is 0.260 e. The molecule has 0 radical (unpaired) electrons. The van der Waals surface area contributed by atoms with Crippen molar-refractivity contribution in [3.05, 3.63) is 42.5 Å². The zero-order valence-electron chi connectivity index (χ0n) is 12.9. The lowest BCUT2D eigenvalue weighted by Crippen LogP contribution is -2.41. The molecule has 0 saturated carbocycles. The van der Waals surface area contributed by atoms with Gasteiger partial charge in [0, 0.05) is 6.04 Å². The Hall–Kier alpha value is -2.03. The molecule has 0 spiro atoms. The van der Waals surface area contributed by atoms with E-state index in [1.54, 1.807) is 6.92 Å². The van der Waals surface area contributed by atoms with Crippen molar-refractivity contribution in [3.63, 3.8) is 0 Å². The lowest BCUT2D eigenvalue weighted by molar-refractivity contribution is -0.127. The van der Waals surface area contributed by atoms with E-state index in [1.807, 2.05) is 43.3 Å². The minimum absolute atomic E-state index is 0.0656. The summed E-state index contributed by atoms with van der Waals surface area (Å²) in [7, 11) is 0. The molecule has 21 heavy (non-hydrogen) atoms. The monoisotopic (exact) mass is 285 g/mol. The highest BCUT2D eigenvalue weighted by atomic mass is 16.5. The Bertz CT molecular complexity index is 609. The zero-order valence-corrected chi connectivity index (χ0v) is 12.9. The summed E-state index contributed by atoms with van der Waals surface area (Å²) >= 11 is 0. The van der Waals surface area contributed by atoms with E-state index in [2.05, 4.69) is 18.3 Å². The van der Waals surface area contributed by atoms with Crippen LogP contribution in [-0.2, 0) is 4.79 Å². The van der Waals surface area contributed by atoms with Crippen LogP contribution in [0, 0.1) is 0 Å². The molecule has 0 fully saturated rings. The molecule has 0 saturated heterocycles. The maximum absolute atomic E-state index is 12.1. The maximum atomic E-state index is 12.1. The third-order valence-corrected chi connectivity index (χ3v) is 3.51. The second-order valence-electron chi connectivity index (χ2n) is 5.47. The first-order valence-corrected chi connectivity index (χ1v) is 7.56. The molecule has 0 bridgehead atoms. The summed E-state index contributed by atoms with van der Waals surface area (Å²) in [6, 6.07) is 14.2. The van der Waals surface area contributed by atoms with Gasteiger partial charge in [0.1, 0.15) is 5.75 Å². The first-order chi connectivity index (χ1) is 10.1. The highest BCUT2D eigenvalue weighted by Crippen LogP contribution is 2.21. The van der Waals surface area contributed by atoms with Crippen molar-refractivity contribution in [2.45, 2.75) is 45.8 Å². The van der Waals surface area contributed by atoms with Gasteiger partial charge < -0.3 is 10.1 Å². The number of fused-ring (bicyclic) bond motifs is 1. The van der Waals surface area contributed by atoms with Crippen LogP contribution in [0.5, 0.6) is 5.75 Å². The van der Waals surface area contributed by atoms with E-state index >= 15 is 0 Å². The SMILES string of the molecule is CCC[C@H](C)NC(=O)[C@@H](C)Oc1ccc2ccccc2c1. The molecule has 0 aliphatic rings. The number of hydrogen-bond acceptors (Lipinski definition) is 2.